The second-order valence-electron chi connectivity index (χ2n) is 5.30. The fourth-order valence-corrected chi connectivity index (χ4v) is 2.19. The molecule has 21 heavy (non-hydrogen) atoms. The highest BCUT2D eigenvalue weighted by Crippen LogP contribution is 2.36. The summed E-state index contributed by atoms with van der Waals surface area (Å²) >= 11 is 6.21. The van der Waals surface area contributed by atoms with E-state index in [9.17, 15) is 4.79 Å². The fraction of sp³-hybridized carbons (Fsp3) is 0.533. The summed E-state index contributed by atoms with van der Waals surface area (Å²) in [5.74, 6) is 0.657. The Hall–Kier alpha value is -1.46. The number of amides is 1. The van der Waals surface area contributed by atoms with Crippen molar-refractivity contribution in [3.8, 4) is 11.5 Å². The lowest BCUT2D eigenvalue weighted by Gasteiger charge is -2.15. The predicted octanol–water partition coefficient (Wildman–Crippen LogP) is 2.14. The number of hydrogen-bond acceptors (Lipinski definition) is 4. The maximum Gasteiger partial charge on any atom is 0.258 e. The Morgan fingerprint density at radius 2 is 2.05 bits per heavy atom. The van der Waals surface area contributed by atoms with Crippen LogP contribution in [0.15, 0.2) is 12.1 Å². The van der Waals surface area contributed by atoms with Crippen molar-refractivity contribution in [3.63, 3.8) is 0 Å². The molecule has 1 aromatic rings. The zero-order valence-corrected chi connectivity index (χ0v) is 13.7. The number of methoxy groups -OCH3 is 1. The number of ether oxygens (including phenoxy) is 2. The second kappa shape index (κ2) is 8.10. The van der Waals surface area contributed by atoms with Gasteiger partial charge in [-0.15, -0.1) is 0 Å². The van der Waals surface area contributed by atoms with Crippen LogP contribution in [0, 0.1) is 0 Å². The number of hydrogen-bond donors (Lipinski definition) is 2. The number of carbonyl (C=O) groups excluding carboxylic acids is 1. The molecule has 0 spiro atoms. The number of benzene rings is 1. The van der Waals surface area contributed by atoms with Gasteiger partial charge in [-0.05, 0) is 44.9 Å². The Balaban J connectivity index is 2.84. The molecule has 0 bridgehead atoms. The molecule has 0 aliphatic carbocycles. The Morgan fingerprint density at radius 3 is 2.57 bits per heavy atom. The standard InChI is InChI=1S/C15H23ClN2O3/c1-9(2)18-14(19)8-21-15-12(16)6-11(5-10(3)17)7-13(15)20-4/h6-7,9-10H,5,8,17H2,1-4H3,(H,18,19). The highest BCUT2D eigenvalue weighted by atomic mass is 35.5. The van der Waals surface area contributed by atoms with Gasteiger partial charge in [0.15, 0.2) is 18.1 Å². The predicted molar refractivity (Wildman–Crippen MR) is 84.1 cm³/mol. The maximum absolute atomic E-state index is 11.6. The lowest BCUT2D eigenvalue weighted by atomic mass is 10.1. The van der Waals surface area contributed by atoms with Crippen molar-refractivity contribution >= 4 is 17.5 Å². The van der Waals surface area contributed by atoms with E-state index < -0.39 is 0 Å². The molecular weight excluding hydrogens is 292 g/mol. The van der Waals surface area contributed by atoms with E-state index in [0.717, 1.165) is 5.56 Å². The first-order valence-corrected chi connectivity index (χ1v) is 7.25. The number of nitrogens with two attached hydrogens (primary N) is 1. The van der Waals surface area contributed by atoms with Gasteiger partial charge >= 0.3 is 0 Å². The van der Waals surface area contributed by atoms with E-state index in [1.54, 1.807) is 6.07 Å². The summed E-state index contributed by atoms with van der Waals surface area (Å²) in [6, 6.07) is 3.69. The normalized spacial score (nSPS) is 12.1. The molecule has 3 N–H and O–H groups in total. The SMILES string of the molecule is COc1cc(CC(C)N)cc(Cl)c1OCC(=O)NC(C)C. The minimum absolute atomic E-state index is 0.0226. The monoisotopic (exact) mass is 314 g/mol. The molecule has 0 saturated heterocycles. The molecule has 0 heterocycles. The van der Waals surface area contributed by atoms with E-state index in [2.05, 4.69) is 5.32 Å². The van der Waals surface area contributed by atoms with Crippen molar-refractivity contribution in [2.24, 2.45) is 5.73 Å². The van der Waals surface area contributed by atoms with Gasteiger partial charge in [0.1, 0.15) is 0 Å². The largest absolute Gasteiger partial charge is 0.493 e. The molecule has 6 heteroatoms. The van der Waals surface area contributed by atoms with Crippen LogP contribution in [-0.2, 0) is 11.2 Å². The Morgan fingerprint density at radius 1 is 1.38 bits per heavy atom. The van der Waals surface area contributed by atoms with Gasteiger partial charge in [-0.25, -0.2) is 0 Å². The zero-order valence-electron chi connectivity index (χ0n) is 12.9. The minimum atomic E-state index is -0.206. The summed E-state index contributed by atoms with van der Waals surface area (Å²) in [5, 5.41) is 3.15. The molecule has 0 fully saturated rings. The number of rotatable bonds is 7. The Bertz CT molecular complexity index is 490. The Labute approximate surface area is 130 Å². The zero-order chi connectivity index (χ0) is 16.0. The molecule has 1 unspecified atom stereocenters. The molecule has 5 nitrogen and oxygen atoms in total. The van der Waals surface area contributed by atoms with Crippen LogP contribution in [0.5, 0.6) is 11.5 Å². The first-order chi connectivity index (χ1) is 9.83. The van der Waals surface area contributed by atoms with Crippen LogP contribution >= 0.6 is 11.6 Å². The van der Waals surface area contributed by atoms with Gasteiger partial charge in [0.25, 0.3) is 5.91 Å². The lowest BCUT2D eigenvalue weighted by molar-refractivity contribution is -0.123. The number of halogens is 1. The number of nitrogens with one attached hydrogen (secondary N) is 1. The fourth-order valence-electron chi connectivity index (χ4n) is 1.90. The topological polar surface area (TPSA) is 73.6 Å². The highest BCUT2D eigenvalue weighted by Gasteiger charge is 2.14. The lowest BCUT2D eigenvalue weighted by Crippen LogP contribution is -2.34. The average Bonchev–Trinajstić information content (AvgIpc) is 2.35. The third-order valence-electron chi connectivity index (χ3n) is 2.64. The summed E-state index contributed by atoms with van der Waals surface area (Å²) in [7, 11) is 1.53. The average molecular weight is 315 g/mol. The van der Waals surface area contributed by atoms with Gasteiger partial charge in [-0.2, -0.15) is 0 Å². The van der Waals surface area contributed by atoms with Crippen molar-refractivity contribution in [2.45, 2.75) is 39.3 Å². The molecule has 118 valence electrons. The van der Waals surface area contributed by atoms with Gasteiger partial charge in [-0.1, -0.05) is 11.6 Å². The Kier molecular flexibility index (Phi) is 6.78. The summed E-state index contributed by atoms with van der Waals surface area (Å²) in [5.41, 5.74) is 6.74. The smallest absolute Gasteiger partial charge is 0.258 e. The van der Waals surface area contributed by atoms with Crippen LogP contribution in [0.4, 0.5) is 0 Å². The van der Waals surface area contributed by atoms with Gasteiger partial charge in [0.05, 0.1) is 12.1 Å². The molecule has 0 radical (unpaired) electrons. The van der Waals surface area contributed by atoms with E-state index >= 15 is 0 Å². The van der Waals surface area contributed by atoms with Gasteiger partial charge in [0.2, 0.25) is 0 Å². The quantitative estimate of drug-likeness (QED) is 0.808. The van der Waals surface area contributed by atoms with E-state index in [1.165, 1.54) is 7.11 Å². The van der Waals surface area contributed by atoms with Crippen LogP contribution in [0.25, 0.3) is 0 Å². The minimum Gasteiger partial charge on any atom is -0.493 e. The first kappa shape index (κ1) is 17.6. The van der Waals surface area contributed by atoms with Crippen LogP contribution in [0.1, 0.15) is 26.3 Å². The number of carbonyl (C=O) groups is 1. The van der Waals surface area contributed by atoms with Crippen molar-refractivity contribution in [3.05, 3.63) is 22.7 Å². The van der Waals surface area contributed by atoms with Gasteiger partial charge < -0.3 is 20.5 Å². The van der Waals surface area contributed by atoms with Crippen LogP contribution in [0.2, 0.25) is 5.02 Å². The van der Waals surface area contributed by atoms with Gasteiger partial charge in [-0.3, -0.25) is 4.79 Å². The first-order valence-electron chi connectivity index (χ1n) is 6.87. The van der Waals surface area contributed by atoms with Crippen LogP contribution < -0.4 is 20.5 Å². The summed E-state index contributed by atoms with van der Waals surface area (Å²) < 4.78 is 10.8. The third kappa shape index (κ3) is 5.81. The summed E-state index contributed by atoms with van der Waals surface area (Å²) in [4.78, 5) is 11.6. The van der Waals surface area contributed by atoms with E-state index in [1.807, 2.05) is 26.8 Å². The molecule has 1 amide bonds. The van der Waals surface area contributed by atoms with Crippen molar-refractivity contribution in [2.75, 3.05) is 13.7 Å². The van der Waals surface area contributed by atoms with Gasteiger partial charge in [0, 0.05) is 12.1 Å². The van der Waals surface area contributed by atoms with Crippen molar-refractivity contribution in [1.82, 2.24) is 5.32 Å². The van der Waals surface area contributed by atoms with Crippen LogP contribution in [-0.4, -0.2) is 31.7 Å². The van der Waals surface area contributed by atoms with E-state index in [0.29, 0.717) is 22.9 Å². The molecule has 0 aliphatic rings. The van der Waals surface area contributed by atoms with E-state index in [-0.39, 0.29) is 24.6 Å². The van der Waals surface area contributed by atoms with Crippen molar-refractivity contribution in [1.29, 1.82) is 0 Å². The van der Waals surface area contributed by atoms with Crippen molar-refractivity contribution < 1.29 is 14.3 Å². The molecule has 1 aromatic carbocycles. The molecule has 0 aromatic heterocycles. The second-order valence-corrected chi connectivity index (χ2v) is 5.71. The molecular formula is C15H23ClN2O3. The summed E-state index contributed by atoms with van der Waals surface area (Å²) in [6.07, 6.45) is 0.685. The molecule has 0 saturated carbocycles. The molecule has 1 atom stereocenters. The maximum atomic E-state index is 11.6. The van der Waals surface area contributed by atoms with E-state index in [4.69, 9.17) is 26.8 Å². The molecule has 0 aliphatic heterocycles. The third-order valence-corrected chi connectivity index (χ3v) is 2.92. The molecule has 1 rings (SSSR count). The summed E-state index contributed by atoms with van der Waals surface area (Å²) in [6.45, 7) is 5.57. The highest BCUT2D eigenvalue weighted by molar-refractivity contribution is 6.32. The van der Waals surface area contributed by atoms with Crippen LogP contribution in [0.3, 0.4) is 0 Å².